The minimum absolute atomic E-state index is 0.00603. The monoisotopic (exact) mass is 365 g/mol. The zero-order chi connectivity index (χ0) is 18.1. The van der Waals surface area contributed by atoms with Crippen molar-refractivity contribution in [3.8, 4) is 5.69 Å². The second-order valence-corrected chi connectivity index (χ2v) is 6.96. The van der Waals surface area contributed by atoms with Gasteiger partial charge in [-0.2, -0.15) is 0 Å². The summed E-state index contributed by atoms with van der Waals surface area (Å²) in [4.78, 5) is 14.7. The summed E-state index contributed by atoms with van der Waals surface area (Å²) < 4.78 is 14.8. The minimum Gasteiger partial charge on any atom is -0.333 e. The molecule has 8 heteroatoms. The van der Waals surface area contributed by atoms with E-state index in [2.05, 4.69) is 17.2 Å². The Morgan fingerprint density at radius 2 is 2.24 bits per heavy atom. The molecule has 0 saturated carbocycles. The summed E-state index contributed by atoms with van der Waals surface area (Å²) in [5.41, 5.74) is 7.28. The van der Waals surface area contributed by atoms with Gasteiger partial charge in [0.05, 0.1) is 16.4 Å². The fourth-order valence-corrected chi connectivity index (χ4v) is 3.44. The Labute approximate surface area is 150 Å². The van der Waals surface area contributed by atoms with E-state index in [-0.39, 0.29) is 22.7 Å². The Morgan fingerprint density at radius 1 is 1.48 bits per heavy atom. The molecule has 2 unspecified atom stereocenters. The maximum absolute atomic E-state index is 13.4. The Kier molecular flexibility index (Phi) is 5.06. The average molecular weight is 366 g/mol. The SMILES string of the molecule is Cc1c(C(=O)N2CCC(C)CC2CN)nnn1-c1ccc(F)c(Cl)c1. The molecule has 2 atom stereocenters. The number of nitrogens with two attached hydrogens (primary N) is 1. The molecule has 134 valence electrons. The molecule has 0 aliphatic carbocycles. The third kappa shape index (κ3) is 3.39. The van der Waals surface area contributed by atoms with Gasteiger partial charge < -0.3 is 10.6 Å². The number of rotatable bonds is 3. The standard InChI is InChI=1S/C17H21ClFN5O/c1-10-5-6-23(13(7-10)9-20)17(25)16-11(2)24(22-21-16)12-3-4-15(19)14(18)8-12/h3-4,8,10,13H,5-7,9,20H2,1-2H3. The number of hydrogen-bond donors (Lipinski definition) is 1. The predicted octanol–water partition coefficient (Wildman–Crippen LogP) is 2.57. The van der Waals surface area contributed by atoms with Gasteiger partial charge in [0, 0.05) is 19.1 Å². The van der Waals surface area contributed by atoms with Crippen LogP contribution in [0.3, 0.4) is 0 Å². The highest BCUT2D eigenvalue weighted by Crippen LogP contribution is 2.25. The van der Waals surface area contributed by atoms with Crippen LogP contribution in [0.1, 0.15) is 35.9 Å². The first-order valence-corrected chi connectivity index (χ1v) is 8.69. The van der Waals surface area contributed by atoms with Gasteiger partial charge in [0.25, 0.3) is 5.91 Å². The number of hydrogen-bond acceptors (Lipinski definition) is 4. The molecule has 2 aromatic rings. The fraction of sp³-hybridized carbons (Fsp3) is 0.471. The lowest BCUT2D eigenvalue weighted by molar-refractivity contribution is 0.0566. The van der Waals surface area contributed by atoms with Crippen molar-refractivity contribution >= 4 is 17.5 Å². The number of benzene rings is 1. The molecule has 1 aliphatic heterocycles. The third-order valence-corrected chi connectivity index (χ3v) is 5.05. The van der Waals surface area contributed by atoms with E-state index in [9.17, 15) is 9.18 Å². The Hall–Kier alpha value is -1.99. The molecule has 2 heterocycles. The predicted molar refractivity (Wildman–Crippen MR) is 93.3 cm³/mol. The van der Waals surface area contributed by atoms with Gasteiger partial charge >= 0.3 is 0 Å². The highest BCUT2D eigenvalue weighted by Gasteiger charge is 2.32. The maximum atomic E-state index is 13.4. The average Bonchev–Trinajstić information content (AvgIpc) is 2.98. The number of amides is 1. The van der Waals surface area contributed by atoms with Crippen LogP contribution in [0.25, 0.3) is 5.69 Å². The van der Waals surface area contributed by atoms with E-state index in [1.165, 1.54) is 16.8 Å². The number of piperidine rings is 1. The summed E-state index contributed by atoms with van der Waals surface area (Å²) in [6.45, 7) is 5.02. The molecule has 3 rings (SSSR count). The maximum Gasteiger partial charge on any atom is 0.276 e. The zero-order valence-electron chi connectivity index (χ0n) is 14.2. The van der Waals surface area contributed by atoms with Crippen LogP contribution in [0.15, 0.2) is 18.2 Å². The van der Waals surface area contributed by atoms with Crippen LogP contribution in [-0.4, -0.2) is 44.9 Å². The lowest BCUT2D eigenvalue weighted by atomic mass is 9.92. The zero-order valence-corrected chi connectivity index (χ0v) is 15.0. The summed E-state index contributed by atoms with van der Waals surface area (Å²) in [5, 5.41) is 8.09. The van der Waals surface area contributed by atoms with E-state index in [4.69, 9.17) is 17.3 Å². The van der Waals surface area contributed by atoms with Crippen molar-refractivity contribution in [1.29, 1.82) is 0 Å². The Morgan fingerprint density at radius 3 is 2.92 bits per heavy atom. The van der Waals surface area contributed by atoms with Crippen LogP contribution in [0, 0.1) is 18.7 Å². The number of nitrogens with zero attached hydrogens (tertiary/aromatic N) is 4. The molecule has 0 spiro atoms. The first-order valence-electron chi connectivity index (χ1n) is 8.31. The first kappa shape index (κ1) is 17.8. The molecule has 1 aromatic carbocycles. The van der Waals surface area contributed by atoms with Crippen LogP contribution in [0.4, 0.5) is 4.39 Å². The summed E-state index contributed by atoms with van der Waals surface area (Å²) in [5.74, 6) is -0.122. The van der Waals surface area contributed by atoms with Crippen molar-refractivity contribution in [2.45, 2.75) is 32.7 Å². The van der Waals surface area contributed by atoms with Crippen molar-refractivity contribution in [1.82, 2.24) is 19.9 Å². The number of carbonyl (C=O) groups excluding carboxylic acids is 1. The smallest absolute Gasteiger partial charge is 0.276 e. The highest BCUT2D eigenvalue weighted by molar-refractivity contribution is 6.30. The molecule has 1 amide bonds. The van der Waals surface area contributed by atoms with E-state index in [0.717, 1.165) is 12.8 Å². The fourth-order valence-electron chi connectivity index (χ4n) is 3.27. The summed E-state index contributed by atoms with van der Waals surface area (Å²) in [7, 11) is 0. The Bertz CT molecular complexity index is 793. The molecule has 1 aromatic heterocycles. The summed E-state index contributed by atoms with van der Waals surface area (Å²) in [6, 6.07) is 4.28. The van der Waals surface area contributed by atoms with Gasteiger partial charge in [0.15, 0.2) is 5.69 Å². The van der Waals surface area contributed by atoms with Crippen LogP contribution >= 0.6 is 11.6 Å². The van der Waals surface area contributed by atoms with Crippen LogP contribution in [0.5, 0.6) is 0 Å². The number of halogens is 2. The molecule has 0 radical (unpaired) electrons. The first-order chi connectivity index (χ1) is 11.9. The quantitative estimate of drug-likeness (QED) is 0.906. The van der Waals surface area contributed by atoms with E-state index in [0.29, 0.717) is 30.4 Å². The van der Waals surface area contributed by atoms with Gasteiger partial charge in [-0.15, -0.1) is 5.10 Å². The second-order valence-electron chi connectivity index (χ2n) is 6.55. The van der Waals surface area contributed by atoms with E-state index in [1.807, 2.05) is 0 Å². The molecule has 1 fully saturated rings. The lowest BCUT2D eigenvalue weighted by Gasteiger charge is -2.37. The molecule has 2 N–H and O–H groups in total. The van der Waals surface area contributed by atoms with Crippen molar-refractivity contribution < 1.29 is 9.18 Å². The molecule has 25 heavy (non-hydrogen) atoms. The number of likely N-dealkylation sites (tertiary alicyclic amines) is 1. The lowest BCUT2D eigenvalue weighted by Crippen LogP contribution is -2.49. The van der Waals surface area contributed by atoms with E-state index < -0.39 is 5.82 Å². The molecular formula is C17H21ClFN5O. The summed E-state index contributed by atoms with van der Waals surface area (Å²) in [6.07, 6.45) is 1.84. The molecular weight excluding hydrogens is 345 g/mol. The van der Waals surface area contributed by atoms with E-state index >= 15 is 0 Å². The van der Waals surface area contributed by atoms with Gasteiger partial charge in [0.1, 0.15) is 5.82 Å². The topological polar surface area (TPSA) is 77.0 Å². The van der Waals surface area contributed by atoms with Crippen LogP contribution in [-0.2, 0) is 0 Å². The van der Waals surface area contributed by atoms with Crippen LogP contribution < -0.4 is 5.73 Å². The van der Waals surface area contributed by atoms with E-state index in [1.54, 1.807) is 17.9 Å². The normalized spacial score (nSPS) is 20.8. The Balaban J connectivity index is 1.90. The number of aromatic nitrogens is 3. The number of carbonyl (C=O) groups is 1. The highest BCUT2D eigenvalue weighted by atomic mass is 35.5. The van der Waals surface area contributed by atoms with Crippen LogP contribution in [0.2, 0.25) is 5.02 Å². The van der Waals surface area contributed by atoms with Gasteiger partial charge in [-0.1, -0.05) is 23.7 Å². The van der Waals surface area contributed by atoms with Gasteiger partial charge in [0.2, 0.25) is 0 Å². The third-order valence-electron chi connectivity index (χ3n) is 4.76. The summed E-state index contributed by atoms with van der Waals surface area (Å²) >= 11 is 5.83. The molecule has 0 bridgehead atoms. The van der Waals surface area contributed by atoms with Gasteiger partial charge in [-0.05, 0) is 43.9 Å². The van der Waals surface area contributed by atoms with Crippen molar-refractivity contribution in [2.24, 2.45) is 11.7 Å². The largest absolute Gasteiger partial charge is 0.333 e. The minimum atomic E-state index is -0.507. The van der Waals surface area contributed by atoms with Crippen molar-refractivity contribution in [2.75, 3.05) is 13.1 Å². The molecule has 6 nitrogen and oxygen atoms in total. The second kappa shape index (κ2) is 7.09. The molecule has 1 aliphatic rings. The van der Waals surface area contributed by atoms with Gasteiger partial charge in [-0.3, -0.25) is 4.79 Å². The van der Waals surface area contributed by atoms with Gasteiger partial charge in [-0.25, -0.2) is 9.07 Å². The molecule has 1 saturated heterocycles. The van der Waals surface area contributed by atoms with Crippen molar-refractivity contribution in [3.05, 3.63) is 40.4 Å². The van der Waals surface area contributed by atoms with Crippen molar-refractivity contribution in [3.63, 3.8) is 0 Å².